The van der Waals surface area contributed by atoms with Gasteiger partial charge in [-0.25, -0.2) is 4.79 Å². The maximum absolute atomic E-state index is 11.5. The predicted octanol–water partition coefficient (Wildman–Crippen LogP) is 2.11. The molecule has 1 aromatic rings. The highest BCUT2D eigenvalue weighted by Crippen LogP contribution is 2.11. The molecule has 1 aromatic carbocycles. The molecule has 1 rings (SSSR count). The predicted molar refractivity (Wildman–Crippen MR) is 70.0 cm³/mol. The summed E-state index contributed by atoms with van der Waals surface area (Å²) in [7, 11) is 0. The lowest BCUT2D eigenvalue weighted by molar-refractivity contribution is -0.145. The van der Waals surface area contributed by atoms with Crippen molar-refractivity contribution in [2.24, 2.45) is 11.7 Å². The minimum atomic E-state index is -0.798. The first-order chi connectivity index (χ1) is 8.50. The first kappa shape index (κ1) is 14.3. The first-order valence-electron chi connectivity index (χ1n) is 5.84. The second-order valence-corrected chi connectivity index (χ2v) is 4.25. The number of benzene rings is 1. The van der Waals surface area contributed by atoms with E-state index < -0.39 is 12.2 Å². The van der Waals surface area contributed by atoms with Crippen LogP contribution in [-0.2, 0) is 9.53 Å². The Morgan fingerprint density at radius 1 is 1.33 bits per heavy atom. The van der Waals surface area contributed by atoms with Crippen LogP contribution < -0.4 is 10.5 Å². The monoisotopic (exact) mass is 249 g/mol. The van der Waals surface area contributed by atoms with Gasteiger partial charge in [-0.2, -0.15) is 0 Å². The van der Waals surface area contributed by atoms with Crippen LogP contribution in [0.4, 0.5) is 0 Å². The van der Waals surface area contributed by atoms with Crippen molar-refractivity contribution in [3.05, 3.63) is 42.5 Å². The van der Waals surface area contributed by atoms with Crippen molar-refractivity contribution in [1.29, 1.82) is 0 Å². The molecule has 0 heterocycles. The number of nitrogens with two attached hydrogens (primary N) is 1. The lowest BCUT2D eigenvalue weighted by Crippen LogP contribution is -2.34. The number of para-hydroxylation sites is 1. The lowest BCUT2D eigenvalue weighted by atomic mass is 10.1. The zero-order valence-electron chi connectivity index (χ0n) is 10.8. The number of ether oxygens (including phenoxy) is 2. The molecule has 1 unspecified atom stereocenters. The van der Waals surface area contributed by atoms with Crippen molar-refractivity contribution >= 4 is 5.97 Å². The van der Waals surface area contributed by atoms with Gasteiger partial charge in [0.1, 0.15) is 12.4 Å². The SMILES string of the molecule is C=C(C(=O)OC(N)COc1ccccc1)C(C)C. The molecular formula is C14H19NO3. The summed E-state index contributed by atoms with van der Waals surface area (Å²) in [6.45, 7) is 7.51. The van der Waals surface area contributed by atoms with Crippen LogP contribution in [0, 0.1) is 5.92 Å². The molecule has 0 radical (unpaired) electrons. The fraction of sp³-hybridized carbons (Fsp3) is 0.357. The average molecular weight is 249 g/mol. The van der Waals surface area contributed by atoms with Gasteiger partial charge < -0.3 is 9.47 Å². The summed E-state index contributed by atoms with van der Waals surface area (Å²) >= 11 is 0. The molecule has 0 aliphatic carbocycles. The van der Waals surface area contributed by atoms with Gasteiger partial charge in [-0.1, -0.05) is 38.6 Å². The summed E-state index contributed by atoms with van der Waals surface area (Å²) in [6, 6.07) is 9.21. The first-order valence-corrected chi connectivity index (χ1v) is 5.84. The van der Waals surface area contributed by atoms with Crippen LogP contribution in [0.1, 0.15) is 13.8 Å². The van der Waals surface area contributed by atoms with Gasteiger partial charge in [0, 0.05) is 5.57 Å². The molecule has 0 aliphatic heterocycles. The Morgan fingerprint density at radius 3 is 2.50 bits per heavy atom. The zero-order chi connectivity index (χ0) is 13.5. The maximum Gasteiger partial charge on any atom is 0.335 e. The van der Waals surface area contributed by atoms with Gasteiger partial charge in [-0.15, -0.1) is 0 Å². The number of esters is 1. The van der Waals surface area contributed by atoms with Crippen molar-refractivity contribution in [3.8, 4) is 5.75 Å². The van der Waals surface area contributed by atoms with E-state index in [2.05, 4.69) is 6.58 Å². The summed E-state index contributed by atoms with van der Waals surface area (Å²) in [4.78, 5) is 11.5. The number of hydrogen-bond donors (Lipinski definition) is 1. The van der Waals surface area contributed by atoms with Gasteiger partial charge in [-0.05, 0) is 18.1 Å². The lowest BCUT2D eigenvalue weighted by Gasteiger charge is -2.16. The summed E-state index contributed by atoms with van der Waals surface area (Å²) < 4.78 is 10.4. The Bertz CT molecular complexity index is 401. The molecule has 4 nitrogen and oxygen atoms in total. The largest absolute Gasteiger partial charge is 0.488 e. The van der Waals surface area contributed by atoms with Gasteiger partial charge in [0.15, 0.2) is 6.23 Å². The Balaban J connectivity index is 2.36. The van der Waals surface area contributed by atoms with E-state index in [-0.39, 0.29) is 12.5 Å². The molecule has 1 atom stereocenters. The van der Waals surface area contributed by atoms with Crippen LogP contribution in [0.3, 0.4) is 0 Å². The van der Waals surface area contributed by atoms with Crippen LogP contribution in [0.5, 0.6) is 5.75 Å². The third-order valence-electron chi connectivity index (χ3n) is 2.37. The highest BCUT2D eigenvalue weighted by Gasteiger charge is 2.16. The minimum Gasteiger partial charge on any atom is -0.488 e. The van der Waals surface area contributed by atoms with Gasteiger partial charge in [0.2, 0.25) is 0 Å². The highest BCUT2D eigenvalue weighted by atomic mass is 16.6. The van der Waals surface area contributed by atoms with Crippen LogP contribution in [-0.4, -0.2) is 18.8 Å². The van der Waals surface area contributed by atoms with Gasteiger partial charge in [0.05, 0.1) is 0 Å². The van der Waals surface area contributed by atoms with E-state index in [4.69, 9.17) is 15.2 Å². The highest BCUT2D eigenvalue weighted by molar-refractivity contribution is 5.88. The molecule has 0 aliphatic rings. The molecule has 98 valence electrons. The molecule has 0 bridgehead atoms. The number of carbonyl (C=O) groups excluding carboxylic acids is 1. The van der Waals surface area contributed by atoms with E-state index in [1.54, 1.807) is 0 Å². The van der Waals surface area contributed by atoms with Gasteiger partial charge in [0.25, 0.3) is 0 Å². The van der Waals surface area contributed by atoms with Crippen molar-refractivity contribution in [2.75, 3.05) is 6.61 Å². The average Bonchev–Trinajstić information content (AvgIpc) is 2.36. The van der Waals surface area contributed by atoms with Crippen molar-refractivity contribution in [2.45, 2.75) is 20.1 Å². The Hall–Kier alpha value is -1.81. The van der Waals surface area contributed by atoms with Crippen LogP contribution in [0.25, 0.3) is 0 Å². The third kappa shape index (κ3) is 4.59. The second-order valence-electron chi connectivity index (χ2n) is 4.25. The summed E-state index contributed by atoms with van der Waals surface area (Å²) in [5.74, 6) is 0.251. The fourth-order valence-corrected chi connectivity index (χ4v) is 1.18. The minimum absolute atomic E-state index is 0.0414. The molecule has 0 amide bonds. The third-order valence-corrected chi connectivity index (χ3v) is 2.37. The van der Waals surface area contributed by atoms with E-state index in [9.17, 15) is 4.79 Å². The zero-order valence-corrected chi connectivity index (χ0v) is 10.8. The van der Waals surface area contributed by atoms with E-state index in [0.717, 1.165) is 0 Å². The normalized spacial score (nSPS) is 12.0. The molecule has 4 heteroatoms. The molecule has 0 aromatic heterocycles. The fourth-order valence-electron chi connectivity index (χ4n) is 1.18. The number of carbonyl (C=O) groups is 1. The van der Waals surface area contributed by atoms with E-state index in [0.29, 0.717) is 11.3 Å². The maximum atomic E-state index is 11.5. The molecule has 0 fully saturated rings. The van der Waals surface area contributed by atoms with Gasteiger partial charge in [-0.3, -0.25) is 5.73 Å². The Kier molecular flexibility index (Phi) is 5.39. The van der Waals surface area contributed by atoms with Crippen LogP contribution in [0.2, 0.25) is 0 Å². The molecule has 0 spiro atoms. The molecule has 0 saturated heterocycles. The van der Waals surface area contributed by atoms with E-state index in [1.807, 2.05) is 44.2 Å². The standard InChI is InChI=1S/C14H19NO3/c1-10(2)11(3)14(16)18-13(15)9-17-12-7-5-4-6-8-12/h4-8,10,13H,3,9,15H2,1-2H3. The van der Waals surface area contributed by atoms with E-state index in [1.165, 1.54) is 0 Å². The van der Waals surface area contributed by atoms with Gasteiger partial charge >= 0.3 is 5.97 Å². The van der Waals surface area contributed by atoms with Crippen LogP contribution >= 0.6 is 0 Å². The van der Waals surface area contributed by atoms with E-state index >= 15 is 0 Å². The summed E-state index contributed by atoms with van der Waals surface area (Å²) in [6.07, 6.45) is -0.798. The van der Waals surface area contributed by atoms with Crippen LogP contribution in [0.15, 0.2) is 42.5 Å². The van der Waals surface area contributed by atoms with Crippen molar-refractivity contribution in [1.82, 2.24) is 0 Å². The summed E-state index contributed by atoms with van der Waals surface area (Å²) in [5, 5.41) is 0. The molecule has 18 heavy (non-hydrogen) atoms. The topological polar surface area (TPSA) is 61.5 Å². The molecular weight excluding hydrogens is 230 g/mol. The Labute approximate surface area is 107 Å². The number of hydrogen-bond acceptors (Lipinski definition) is 4. The summed E-state index contributed by atoms with van der Waals surface area (Å²) in [5.41, 5.74) is 6.06. The number of rotatable bonds is 6. The quantitative estimate of drug-likeness (QED) is 0.476. The molecule has 0 saturated carbocycles. The molecule has 2 N–H and O–H groups in total. The second kappa shape index (κ2) is 6.81. The van der Waals surface area contributed by atoms with Crippen molar-refractivity contribution < 1.29 is 14.3 Å². The Morgan fingerprint density at radius 2 is 1.94 bits per heavy atom. The smallest absolute Gasteiger partial charge is 0.335 e. The van der Waals surface area contributed by atoms with Crippen molar-refractivity contribution in [3.63, 3.8) is 0 Å².